The zero-order valence-corrected chi connectivity index (χ0v) is 14.2. The largest absolute Gasteiger partial charge is 0.494 e. The van der Waals surface area contributed by atoms with E-state index in [0.717, 1.165) is 18.3 Å². The van der Waals surface area contributed by atoms with E-state index in [9.17, 15) is 4.79 Å². The molecule has 124 valence electrons. The number of hydrogen-bond acceptors (Lipinski definition) is 3. The number of amides is 1. The molecule has 5 nitrogen and oxygen atoms in total. The van der Waals surface area contributed by atoms with Crippen molar-refractivity contribution in [3.05, 3.63) is 29.8 Å². The third kappa shape index (κ3) is 2.97. The molecule has 1 amide bonds. The smallest absolute Gasteiger partial charge is 0.465 e. The third-order valence-electron chi connectivity index (χ3n) is 5.48. The van der Waals surface area contributed by atoms with E-state index in [1.54, 1.807) is 0 Å². The fraction of sp³-hybridized carbons (Fsp3) is 0.588. The van der Waals surface area contributed by atoms with Gasteiger partial charge in [-0.15, -0.1) is 0 Å². The summed E-state index contributed by atoms with van der Waals surface area (Å²) in [7, 11) is -0.360. The molecule has 1 heterocycles. The normalized spacial score (nSPS) is 23.6. The average Bonchev–Trinajstić information content (AvgIpc) is 3.21. The fourth-order valence-corrected chi connectivity index (χ4v) is 2.94. The Morgan fingerprint density at radius 2 is 1.65 bits per heavy atom. The number of benzene rings is 1. The van der Waals surface area contributed by atoms with Crippen LogP contribution >= 0.6 is 0 Å². The summed E-state index contributed by atoms with van der Waals surface area (Å²) in [6.45, 7) is 8.63. The Morgan fingerprint density at radius 1 is 1.13 bits per heavy atom. The Balaban J connectivity index is 1.73. The van der Waals surface area contributed by atoms with Crippen molar-refractivity contribution in [3.63, 3.8) is 0 Å². The molecule has 3 rings (SSSR count). The minimum Gasteiger partial charge on any atom is -0.465 e. The summed E-state index contributed by atoms with van der Waals surface area (Å²) in [6.07, 6.45) is 1.07. The van der Waals surface area contributed by atoms with Gasteiger partial charge in [0.2, 0.25) is 0 Å². The van der Waals surface area contributed by atoms with Crippen LogP contribution in [0.1, 0.15) is 46.1 Å². The minimum absolute atomic E-state index is 0.0349. The molecule has 0 atom stereocenters. The van der Waals surface area contributed by atoms with Gasteiger partial charge in [0.15, 0.2) is 0 Å². The third-order valence-corrected chi connectivity index (χ3v) is 5.48. The van der Waals surface area contributed by atoms with E-state index >= 15 is 0 Å². The van der Waals surface area contributed by atoms with Gasteiger partial charge in [-0.25, -0.2) is 4.79 Å². The van der Waals surface area contributed by atoms with Crippen molar-refractivity contribution in [1.82, 2.24) is 5.32 Å². The molecule has 0 radical (unpaired) electrons. The maximum Gasteiger partial charge on any atom is 0.494 e. The van der Waals surface area contributed by atoms with E-state index in [1.165, 1.54) is 5.56 Å². The van der Waals surface area contributed by atoms with Gasteiger partial charge in [0.1, 0.15) is 0 Å². The highest BCUT2D eigenvalue weighted by molar-refractivity contribution is 6.62. The first-order valence-electron chi connectivity index (χ1n) is 8.08. The summed E-state index contributed by atoms with van der Waals surface area (Å²) in [4.78, 5) is 10.7. The Labute approximate surface area is 137 Å². The summed E-state index contributed by atoms with van der Waals surface area (Å²) in [5.41, 5.74) is 1.44. The van der Waals surface area contributed by atoms with E-state index in [0.29, 0.717) is 6.54 Å². The van der Waals surface area contributed by atoms with Crippen LogP contribution in [0.4, 0.5) is 4.79 Å². The second-order valence-corrected chi connectivity index (χ2v) is 7.65. The maximum atomic E-state index is 10.7. The topological polar surface area (TPSA) is 67.8 Å². The molecule has 1 saturated heterocycles. The van der Waals surface area contributed by atoms with Gasteiger partial charge in [-0.1, -0.05) is 24.3 Å². The summed E-state index contributed by atoms with van der Waals surface area (Å²) in [5, 5.41) is 11.3. The highest BCUT2D eigenvalue weighted by Gasteiger charge is 2.52. The molecular formula is C17H24BNO4. The average molecular weight is 317 g/mol. The van der Waals surface area contributed by atoms with Crippen LogP contribution in [0.5, 0.6) is 0 Å². The van der Waals surface area contributed by atoms with Crippen LogP contribution in [0.2, 0.25) is 0 Å². The van der Waals surface area contributed by atoms with Gasteiger partial charge in [0.05, 0.1) is 11.2 Å². The van der Waals surface area contributed by atoms with Crippen LogP contribution in [0.3, 0.4) is 0 Å². The maximum absolute atomic E-state index is 10.7. The van der Waals surface area contributed by atoms with Crippen molar-refractivity contribution in [1.29, 1.82) is 0 Å². The fourth-order valence-electron chi connectivity index (χ4n) is 2.94. The molecule has 0 aromatic heterocycles. The predicted octanol–water partition coefficient (Wildman–Crippen LogP) is 2.29. The molecule has 1 saturated carbocycles. The van der Waals surface area contributed by atoms with Crippen LogP contribution in [0.25, 0.3) is 0 Å². The molecule has 2 N–H and O–H groups in total. The Hall–Kier alpha value is -1.53. The molecule has 2 aliphatic rings. The highest BCUT2D eigenvalue weighted by atomic mass is 16.7. The number of rotatable bonds is 4. The van der Waals surface area contributed by atoms with Crippen molar-refractivity contribution in [3.8, 4) is 0 Å². The van der Waals surface area contributed by atoms with Crippen LogP contribution in [0.15, 0.2) is 24.3 Å². The Kier molecular flexibility index (Phi) is 3.73. The van der Waals surface area contributed by atoms with Crippen molar-refractivity contribution < 1.29 is 19.2 Å². The summed E-state index contributed by atoms with van der Waals surface area (Å²) in [5.74, 6) is 0. The molecule has 0 unspecified atom stereocenters. The molecule has 1 aliphatic carbocycles. The zero-order valence-electron chi connectivity index (χ0n) is 14.2. The van der Waals surface area contributed by atoms with Gasteiger partial charge in [-0.05, 0) is 51.6 Å². The number of nitrogens with one attached hydrogen (secondary N) is 1. The van der Waals surface area contributed by atoms with E-state index in [1.807, 2.05) is 39.8 Å². The van der Waals surface area contributed by atoms with Crippen molar-refractivity contribution in [2.75, 3.05) is 6.54 Å². The first-order valence-corrected chi connectivity index (χ1v) is 8.08. The Morgan fingerprint density at radius 3 is 2.09 bits per heavy atom. The second kappa shape index (κ2) is 5.25. The molecule has 23 heavy (non-hydrogen) atoms. The molecule has 0 spiro atoms. The van der Waals surface area contributed by atoms with Gasteiger partial charge in [-0.2, -0.15) is 0 Å². The molecule has 1 aromatic rings. The van der Waals surface area contributed by atoms with Crippen LogP contribution in [0, 0.1) is 0 Å². The molecule has 1 aromatic carbocycles. The molecule has 1 aliphatic heterocycles. The molecule has 0 bridgehead atoms. The molecule has 6 heteroatoms. The highest BCUT2D eigenvalue weighted by Crippen LogP contribution is 2.47. The lowest BCUT2D eigenvalue weighted by molar-refractivity contribution is 0.00578. The van der Waals surface area contributed by atoms with E-state index < -0.39 is 6.09 Å². The minimum atomic E-state index is -0.967. The second-order valence-electron chi connectivity index (χ2n) is 7.65. The van der Waals surface area contributed by atoms with Crippen LogP contribution < -0.4 is 10.8 Å². The van der Waals surface area contributed by atoms with Gasteiger partial charge in [0.25, 0.3) is 0 Å². The van der Waals surface area contributed by atoms with Crippen LogP contribution in [-0.2, 0) is 14.7 Å². The predicted molar refractivity (Wildman–Crippen MR) is 89.1 cm³/mol. The van der Waals surface area contributed by atoms with E-state index in [4.69, 9.17) is 14.4 Å². The standard InChI is InChI=1S/C17H24BNO4/c1-15(2)16(3,4)23-18(22-15)13-7-5-12(6-8-13)17(9-10-17)11-19-14(20)21/h5-8,19H,9-11H2,1-4H3,(H,20,21). The lowest BCUT2D eigenvalue weighted by Crippen LogP contribution is -2.41. The number of carbonyl (C=O) groups is 1. The first kappa shape index (κ1) is 16.3. The number of hydrogen-bond donors (Lipinski definition) is 2. The lowest BCUT2D eigenvalue weighted by atomic mass is 9.78. The van der Waals surface area contributed by atoms with Crippen molar-refractivity contribution in [2.24, 2.45) is 0 Å². The van der Waals surface area contributed by atoms with Crippen molar-refractivity contribution >= 4 is 18.7 Å². The SMILES string of the molecule is CC1(C)OB(c2ccc(C3(CNC(=O)O)CC3)cc2)OC1(C)C. The Bertz CT molecular complexity index is 592. The zero-order chi connectivity index (χ0) is 16.9. The van der Waals surface area contributed by atoms with Gasteiger partial charge < -0.3 is 19.7 Å². The van der Waals surface area contributed by atoms with E-state index in [2.05, 4.69) is 17.4 Å². The number of carboxylic acid groups (broad SMARTS) is 1. The molecular weight excluding hydrogens is 293 g/mol. The van der Waals surface area contributed by atoms with Crippen LogP contribution in [-0.4, -0.2) is 36.1 Å². The summed E-state index contributed by atoms with van der Waals surface area (Å²) >= 11 is 0. The quantitative estimate of drug-likeness (QED) is 0.836. The van der Waals surface area contributed by atoms with Gasteiger partial charge >= 0.3 is 13.2 Å². The lowest BCUT2D eigenvalue weighted by Gasteiger charge is -2.32. The molecule has 2 fully saturated rings. The van der Waals surface area contributed by atoms with Gasteiger partial charge in [0, 0.05) is 12.0 Å². The summed E-state index contributed by atoms with van der Waals surface area (Å²) in [6, 6.07) is 8.18. The monoisotopic (exact) mass is 317 g/mol. The van der Waals surface area contributed by atoms with Crippen molar-refractivity contribution in [2.45, 2.75) is 57.2 Å². The van der Waals surface area contributed by atoms with Gasteiger partial charge in [-0.3, -0.25) is 0 Å². The first-order chi connectivity index (χ1) is 10.7. The van der Waals surface area contributed by atoms with E-state index in [-0.39, 0.29) is 23.7 Å². The summed E-state index contributed by atoms with van der Waals surface area (Å²) < 4.78 is 12.1.